The van der Waals surface area contributed by atoms with E-state index < -0.39 is 5.92 Å². The number of carbonyl (C=O) groups is 2. The number of fused-ring (bicyclic) bond motifs is 1. The zero-order valence-electron chi connectivity index (χ0n) is 16.2. The molecule has 1 atom stereocenters. The van der Waals surface area contributed by atoms with E-state index in [0.717, 1.165) is 20.9 Å². The van der Waals surface area contributed by atoms with E-state index >= 15 is 0 Å². The highest BCUT2D eigenvalue weighted by atomic mass is 79.9. The molecule has 2 heterocycles. The Hall–Kier alpha value is -3.18. The zero-order chi connectivity index (χ0) is 20.7. The van der Waals surface area contributed by atoms with Gasteiger partial charge in [0.25, 0.3) is 0 Å². The van der Waals surface area contributed by atoms with Crippen LogP contribution in [0, 0.1) is 0 Å². The second kappa shape index (κ2) is 7.58. The molecule has 1 aliphatic rings. The third-order valence-electron chi connectivity index (χ3n) is 5.62. The van der Waals surface area contributed by atoms with Gasteiger partial charge < -0.3 is 4.57 Å². The molecule has 5 rings (SSSR count). The number of carbonyl (C=O) groups excluding carboxylic acids is 2. The minimum absolute atomic E-state index is 0.160. The van der Waals surface area contributed by atoms with Crippen LogP contribution < -0.4 is 4.90 Å². The molecule has 4 aromatic rings. The van der Waals surface area contributed by atoms with Crippen molar-refractivity contribution in [3.63, 3.8) is 0 Å². The van der Waals surface area contributed by atoms with Crippen LogP contribution in [0.25, 0.3) is 10.9 Å². The Bertz CT molecular complexity index is 1250. The van der Waals surface area contributed by atoms with Crippen LogP contribution in [0.15, 0.2) is 89.5 Å². The number of imide groups is 1. The maximum atomic E-state index is 13.3. The first kappa shape index (κ1) is 18.8. The van der Waals surface area contributed by atoms with Crippen molar-refractivity contribution in [3.05, 3.63) is 101 Å². The van der Waals surface area contributed by atoms with Crippen molar-refractivity contribution < 1.29 is 9.59 Å². The molecule has 0 radical (unpaired) electrons. The van der Waals surface area contributed by atoms with Crippen LogP contribution in [0.4, 0.5) is 5.69 Å². The summed E-state index contributed by atoms with van der Waals surface area (Å²) in [6.45, 7) is 0.715. The molecule has 1 saturated heterocycles. The van der Waals surface area contributed by atoms with Gasteiger partial charge >= 0.3 is 0 Å². The maximum Gasteiger partial charge on any atom is 0.241 e. The first-order valence-corrected chi connectivity index (χ1v) is 10.6. The molecule has 0 aliphatic carbocycles. The smallest absolute Gasteiger partial charge is 0.241 e. The molecule has 1 fully saturated rings. The van der Waals surface area contributed by atoms with E-state index in [1.807, 2.05) is 54.7 Å². The Balaban J connectivity index is 1.54. The molecule has 4 nitrogen and oxygen atoms in total. The summed E-state index contributed by atoms with van der Waals surface area (Å²) in [6, 6.07) is 25.6. The SMILES string of the molecule is O=C1CC(c2cn(Cc3ccccc3)c3ccccc23)C(=O)N1c1ccc(Br)cc1. The van der Waals surface area contributed by atoms with E-state index in [0.29, 0.717) is 12.2 Å². The van der Waals surface area contributed by atoms with Crippen LogP contribution in [0.1, 0.15) is 23.5 Å². The second-order valence-corrected chi connectivity index (χ2v) is 8.43. The molecular weight excluding hydrogens is 440 g/mol. The molecule has 30 heavy (non-hydrogen) atoms. The molecule has 0 bridgehead atoms. The number of amides is 2. The van der Waals surface area contributed by atoms with E-state index in [1.165, 1.54) is 10.5 Å². The van der Waals surface area contributed by atoms with Gasteiger partial charge in [-0.2, -0.15) is 0 Å². The first-order chi connectivity index (χ1) is 14.6. The Kier molecular flexibility index (Phi) is 4.75. The fraction of sp³-hybridized carbons (Fsp3) is 0.120. The van der Waals surface area contributed by atoms with Gasteiger partial charge in [-0.15, -0.1) is 0 Å². The summed E-state index contributed by atoms with van der Waals surface area (Å²) in [6.07, 6.45) is 2.23. The Labute approximate surface area is 182 Å². The van der Waals surface area contributed by atoms with Gasteiger partial charge in [0.1, 0.15) is 0 Å². The summed E-state index contributed by atoms with van der Waals surface area (Å²) >= 11 is 3.40. The topological polar surface area (TPSA) is 42.3 Å². The Morgan fingerprint density at radius 3 is 2.33 bits per heavy atom. The third kappa shape index (κ3) is 3.25. The summed E-state index contributed by atoms with van der Waals surface area (Å²) < 4.78 is 3.07. The van der Waals surface area contributed by atoms with Crippen molar-refractivity contribution in [3.8, 4) is 0 Å². The number of halogens is 1. The summed E-state index contributed by atoms with van der Waals surface area (Å²) in [5, 5.41) is 1.03. The molecule has 1 aromatic heterocycles. The Morgan fingerprint density at radius 2 is 1.57 bits per heavy atom. The van der Waals surface area contributed by atoms with E-state index in [-0.39, 0.29) is 18.2 Å². The van der Waals surface area contributed by atoms with E-state index in [1.54, 1.807) is 12.1 Å². The van der Waals surface area contributed by atoms with Crippen molar-refractivity contribution in [2.45, 2.75) is 18.9 Å². The van der Waals surface area contributed by atoms with Crippen molar-refractivity contribution >= 4 is 44.3 Å². The normalized spacial score (nSPS) is 16.6. The van der Waals surface area contributed by atoms with E-state index in [2.05, 4.69) is 38.7 Å². The lowest BCUT2D eigenvalue weighted by molar-refractivity contribution is -0.121. The molecule has 0 saturated carbocycles. The number of hydrogen-bond donors (Lipinski definition) is 0. The number of benzene rings is 3. The maximum absolute atomic E-state index is 13.3. The molecule has 1 aliphatic heterocycles. The summed E-state index contributed by atoms with van der Waals surface area (Å²) in [7, 11) is 0. The van der Waals surface area contributed by atoms with Crippen molar-refractivity contribution in [1.29, 1.82) is 0 Å². The number of hydrogen-bond acceptors (Lipinski definition) is 2. The fourth-order valence-corrected chi connectivity index (χ4v) is 4.46. The second-order valence-electron chi connectivity index (χ2n) is 7.52. The van der Waals surface area contributed by atoms with Gasteiger partial charge in [0.2, 0.25) is 11.8 Å². The highest BCUT2D eigenvalue weighted by molar-refractivity contribution is 9.10. The van der Waals surface area contributed by atoms with Crippen LogP contribution in [0.5, 0.6) is 0 Å². The van der Waals surface area contributed by atoms with E-state index in [4.69, 9.17) is 0 Å². The largest absolute Gasteiger partial charge is 0.343 e. The quantitative estimate of drug-likeness (QED) is 0.379. The average Bonchev–Trinajstić information content (AvgIpc) is 3.26. The van der Waals surface area contributed by atoms with Crippen LogP contribution in [-0.4, -0.2) is 16.4 Å². The van der Waals surface area contributed by atoms with Gasteiger partial charge in [-0.05, 0) is 41.5 Å². The standard InChI is InChI=1S/C25H19BrN2O2/c26-18-10-12-19(13-11-18)28-24(29)14-21(25(28)30)22-16-27(15-17-6-2-1-3-7-17)23-9-5-4-8-20(22)23/h1-13,16,21H,14-15H2. The predicted octanol–water partition coefficient (Wildman–Crippen LogP) is 5.50. The molecule has 0 N–H and O–H groups in total. The van der Waals surface area contributed by atoms with Crippen LogP contribution in [0.3, 0.4) is 0 Å². The first-order valence-electron chi connectivity index (χ1n) is 9.86. The summed E-state index contributed by atoms with van der Waals surface area (Å²) in [5.74, 6) is -0.791. The van der Waals surface area contributed by atoms with E-state index in [9.17, 15) is 9.59 Å². The van der Waals surface area contributed by atoms with Crippen molar-refractivity contribution in [2.24, 2.45) is 0 Å². The number of aromatic nitrogens is 1. The van der Waals surface area contributed by atoms with Gasteiger partial charge in [-0.3, -0.25) is 14.5 Å². The number of anilines is 1. The van der Waals surface area contributed by atoms with Gasteiger partial charge in [0, 0.05) is 34.5 Å². The van der Waals surface area contributed by atoms with Gasteiger partial charge in [0.15, 0.2) is 0 Å². The number of rotatable bonds is 4. The van der Waals surface area contributed by atoms with Gasteiger partial charge in [-0.25, -0.2) is 0 Å². The van der Waals surface area contributed by atoms with Gasteiger partial charge in [0.05, 0.1) is 11.6 Å². The van der Waals surface area contributed by atoms with Crippen LogP contribution in [0.2, 0.25) is 0 Å². The predicted molar refractivity (Wildman–Crippen MR) is 121 cm³/mol. The lowest BCUT2D eigenvalue weighted by atomic mass is 9.97. The highest BCUT2D eigenvalue weighted by Crippen LogP contribution is 2.37. The highest BCUT2D eigenvalue weighted by Gasteiger charge is 2.41. The molecule has 148 valence electrons. The lowest BCUT2D eigenvalue weighted by Crippen LogP contribution is -2.29. The number of para-hydroxylation sites is 1. The van der Waals surface area contributed by atoms with Crippen LogP contribution in [-0.2, 0) is 16.1 Å². The molecule has 0 spiro atoms. The summed E-state index contributed by atoms with van der Waals surface area (Å²) in [4.78, 5) is 27.4. The minimum Gasteiger partial charge on any atom is -0.343 e. The van der Waals surface area contributed by atoms with Gasteiger partial charge in [-0.1, -0.05) is 64.5 Å². The zero-order valence-corrected chi connectivity index (χ0v) is 17.7. The van der Waals surface area contributed by atoms with Crippen molar-refractivity contribution in [1.82, 2.24) is 4.57 Å². The monoisotopic (exact) mass is 458 g/mol. The fourth-order valence-electron chi connectivity index (χ4n) is 4.20. The summed E-state index contributed by atoms with van der Waals surface area (Å²) in [5.41, 5.74) is 3.79. The molecule has 3 aromatic carbocycles. The minimum atomic E-state index is -0.469. The Morgan fingerprint density at radius 1 is 0.867 bits per heavy atom. The molecule has 5 heteroatoms. The molecule has 2 amide bonds. The third-order valence-corrected chi connectivity index (χ3v) is 6.15. The average molecular weight is 459 g/mol. The van der Waals surface area contributed by atoms with Crippen molar-refractivity contribution in [2.75, 3.05) is 4.90 Å². The molecule has 1 unspecified atom stereocenters. The molecular formula is C25H19BrN2O2. The lowest BCUT2D eigenvalue weighted by Gasteiger charge is -2.15. The van der Waals surface area contributed by atoms with Crippen LogP contribution >= 0.6 is 15.9 Å². The number of nitrogens with zero attached hydrogens (tertiary/aromatic N) is 2.